The Hall–Kier alpha value is -1.40. The topological polar surface area (TPSA) is 57.7 Å². The van der Waals surface area contributed by atoms with Crippen LogP contribution in [-0.2, 0) is 21.2 Å². The molecule has 1 aromatic carbocycles. The predicted molar refractivity (Wildman–Crippen MR) is 85.4 cm³/mol. The zero-order valence-corrected chi connectivity index (χ0v) is 14.1. The molecular formula is C16H22N2O3S. The van der Waals surface area contributed by atoms with Crippen molar-refractivity contribution in [2.75, 3.05) is 11.9 Å². The molecule has 2 aliphatic rings. The predicted octanol–water partition coefficient (Wildman–Crippen LogP) is 2.16. The smallest absolute Gasteiger partial charge is 0.243 e. The van der Waals surface area contributed by atoms with E-state index in [1.54, 1.807) is 34.5 Å². The number of amides is 1. The van der Waals surface area contributed by atoms with E-state index in [1.807, 2.05) is 13.8 Å². The van der Waals surface area contributed by atoms with Crippen LogP contribution in [0.2, 0.25) is 0 Å². The van der Waals surface area contributed by atoms with E-state index < -0.39 is 10.0 Å². The van der Waals surface area contributed by atoms with Gasteiger partial charge in [-0.3, -0.25) is 4.79 Å². The molecule has 5 nitrogen and oxygen atoms in total. The monoisotopic (exact) mass is 322 g/mol. The molecular weight excluding hydrogens is 300 g/mol. The second-order valence-corrected chi connectivity index (χ2v) is 8.23. The average molecular weight is 322 g/mol. The first kappa shape index (κ1) is 15.5. The molecule has 3 rings (SSSR count). The van der Waals surface area contributed by atoms with Crippen molar-refractivity contribution in [3.63, 3.8) is 0 Å². The number of carbonyl (C=O) groups excluding carboxylic acids is 1. The molecule has 1 aromatic rings. The highest BCUT2D eigenvalue weighted by Gasteiger charge is 2.36. The number of likely N-dealkylation sites (N-methyl/N-ethyl adjacent to an activating group) is 1. The number of fused-ring (bicyclic) bond motifs is 1. The molecule has 0 aromatic heterocycles. The molecule has 0 N–H and O–H groups in total. The summed E-state index contributed by atoms with van der Waals surface area (Å²) in [4.78, 5) is 13.6. The van der Waals surface area contributed by atoms with Gasteiger partial charge in [-0.1, -0.05) is 6.42 Å². The SMILES string of the molecule is CC1CCCC(C)N1S(=O)(=O)c1ccc2c(c1)CC(=O)N2C. The average Bonchev–Trinajstić information content (AvgIpc) is 2.73. The van der Waals surface area contributed by atoms with Gasteiger partial charge in [0, 0.05) is 24.8 Å². The molecule has 0 radical (unpaired) electrons. The Morgan fingerprint density at radius 1 is 1.14 bits per heavy atom. The van der Waals surface area contributed by atoms with Crippen molar-refractivity contribution >= 4 is 21.6 Å². The van der Waals surface area contributed by atoms with Gasteiger partial charge in [0.25, 0.3) is 0 Å². The van der Waals surface area contributed by atoms with Gasteiger partial charge in [0.2, 0.25) is 15.9 Å². The van der Waals surface area contributed by atoms with Crippen LogP contribution in [0.1, 0.15) is 38.7 Å². The summed E-state index contributed by atoms with van der Waals surface area (Å²) in [6, 6.07) is 5.07. The van der Waals surface area contributed by atoms with Gasteiger partial charge in [0.05, 0.1) is 11.3 Å². The molecule has 1 amide bonds. The van der Waals surface area contributed by atoms with E-state index in [0.29, 0.717) is 4.90 Å². The highest BCUT2D eigenvalue weighted by atomic mass is 32.2. The van der Waals surface area contributed by atoms with E-state index in [1.165, 1.54) is 0 Å². The number of anilines is 1. The van der Waals surface area contributed by atoms with Crippen molar-refractivity contribution in [1.82, 2.24) is 4.31 Å². The maximum absolute atomic E-state index is 13.0. The van der Waals surface area contributed by atoms with Gasteiger partial charge < -0.3 is 4.90 Å². The number of carbonyl (C=O) groups is 1. The Bertz CT molecular complexity index is 704. The number of sulfonamides is 1. The van der Waals surface area contributed by atoms with Crippen LogP contribution < -0.4 is 4.90 Å². The van der Waals surface area contributed by atoms with E-state index in [-0.39, 0.29) is 24.4 Å². The third-order valence-electron chi connectivity index (χ3n) is 4.82. The lowest BCUT2D eigenvalue weighted by Crippen LogP contribution is -2.47. The minimum atomic E-state index is -3.51. The molecule has 0 aliphatic carbocycles. The molecule has 22 heavy (non-hydrogen) atoms. The Morgan fingerprint density at radius 3 is 2.41 bits per heavy atom. The molecule has 6 heteroatoms. The zero-order chi connectivity index (χ0) is 16.1. The van der Waals surface area contributed by atoms with Crippen molar-refractivity contribution in [2.45, 2.75) is 56.5 Å². The number of rotatable bonds is 2. The fourth-order valence-electron chi connectivity index (χ4n) is 3.60. The van der Waals surface area contributed by atoms with Crippen molar-refractivity contribution in [3.8, 4) is 0 Å². The molecule has 2 aliphatic heterocycles. The van der Waals surface area contributed by atoms with Gasteiger partial charge in [-0.2, -0.15) is 4.31 Å². The Morgan fingerprint density at radius 2 is 1.77 bits per heavy atom. The third-order valence-corrected chi connectivity index (χ3v) is 6.94. The summed E-state index contributed by atoms with van der Waals surface area (Å²) < 4.78 is 27.6. The van der Waals surface area contributed by atoms with E-state index in [0.717, 1.165) is 30.5 Å². The van der Waals surface area contributed by atoms with Crippen LogP contribution in [0.4, 0.5) is 5.69 Å². The summed E-state index contributed by atoms with van der Waals surface area (Å²) in [5, 5.41) is 0. The van der Waals surface area contributed by atoms with Gasteiger partial charge in [0.1, 0.15) is 0 Å². The number of benzene rings is 1. The Balaban J connectivity index is 2.00. The lowest BCUT2D eigenvalue weighted by atomic mass is 10.0. The van der Waals surface area contributed by atoms with Crippen LogP contribution in [0, 0.1) is 0 Å². The summed E-state index contributed by atoms with van der Waals surface area (Å²) in [6.45, 7) is 3.94. The first-order chi connectivity index (χ1) is 10.3. The fraction of sp³-hybridized carbons (Fsp3) is 0.562. The number of nitrogens with zero attached hydrogens (tertiary/aromatic N) is 2. The van der Waals surface area contributed by atoms with E-state index >= 15 is 0 Å². The van der Waals surface area contributed by atoms with Gasteiger partial charge in [-0.25, -0.2) is 8.42 Å². The molecule has 0 saturated carbocycles. The van der Waals surface area contributed by atoms with Crippen molar-refractivity contribution in [2.24, 2.45) is 0 Å². The lowest BCUT2D eigenvalue weighted by molar-refractivity contribution is -0.117. The summed E-state index contributed by atoms with van der Waals surface area (Å²) in [5.74, 6) is 0.00394. The minimum absolute atomic E-state index is 0.00394. The van der Waals surface area contributed by atoms with Gasteiger partial charge in [0.15, 0.2) is 0 Å². The van der Waals surface area contributed by atoms with E-state index in [9.17, 15) is 13.2 Å². The van der Waals surface area contributed by atoms with Crippen LogP contribution in [0.25, 0.3) is 0 Å². The molecule has 120 valence electrons. The highest BCUT2D eigenvalue weighted by Crippen LogP contribution is 2.33. The standard InChI is InChI=1S/C16H22N2O3S/c1-11-5-4-6-12(2)18(11)22(20,21)14-7-8-15-13(9-14)10-16(19)17(15)3/h7-9,11-12H,4-6,10H2,1-3H3. The molecule has 1 fully saturated rings. The highest BCUT2D eigenvalue weighted by molar-refractivity contribution is 7.89. The molecule has 2 heterocycles. The summed E-state index contributed by atoms with van der Waals surface area (Å²) in [5.41, 5.74) is 1.61. The molecule has 0 bridgehead atoms. The van der Waals surface area contributed by atoms with E-state index in [4.69, 9.17) is 0 Å². The van der Waals surface area contributed by atoms with Gasteiger partial charge in [-0.15, -0.1) is 0 Å². The lowest BCUT2D eigenvalue weighted by Gasteiger charge is -2.37. The van der Waals surface area contributed by atoms with Crippen molar-refractivity contribution in [3.05, 3.63) is 23.8 Å². The Kier molecular flexibility index (Phi) is 3.77. The first-order valence-electron chi connectivity index (χ1n) is 7.75. The summed E-state index contributed by atoms with van der Waals surface area (Å²) in [7, 11) is -1.79. The van der Waals surface area contributed by atoms with Gasteiger partial charge in [-0.05, 0) is 50.5 Å². The van der Waals surface area contributed by atoms with Crippen molar-refractivity contribution < 1.29 is 13.2 Å². The van der Waals surface area contributed by atoms with Crippen molar-refractivity contribution in [1.29, 1.82) is 0 Å². The number of hydrogen-bond acceptors (Lipinski definition) is 3. The quantitative estimate of drug-likeness (QED) is 0.838. The first-order valence-corrected chi connectivity index (χ1v) is 9.19. The molecule has 2 atom stereocenters. The molecule has 0 spiro atoms. The second-order valence-electron chi connectivity index (χ2n) is 6.38. The number of piperidine rings is 1. The Labute approximate surface area is 132 Å². The molecule has 1 saturated heterocycles. The van der Waals surface area contributed by atoms with Gasteiger partial charge >= 0.3 is 0 Å². The van der Waals surface area contributed by atoms with Crippen LogP contribution in [-0.4, -0.2) is 37.8 Å². The zero-order valence-electron chi connectivity index (χ0n) is 13.2. The largest absolute Gasteiger partial charge is 0.315 e. The summed E-state index contributed by atoms with van der Waals surface area (Å²) in [6.07, 6.45) is 3.14. The van der Waals surface area contributed by atoms with Crippen LogP contribution >= 0.6 is 0 Å². The number of hydrogen-bond donors (Lipinski definition) is 0. The fourth-order valence-corrected chi connectivity index (χ4v) is 5.53. The normalized spacial score (nSPS) is 26.3. The maximum atomic E-state index is 13.0. The maximum Gasteiger partial charge on any atom is 0.243 e. The van der Waals surface area contributed by atoms with E-state index in [2.05, 4.69) is 0 Å². The minimum Gasteiger partial charge on any atom is -0.315 e. The second kappa shape index (κ2) is 5.35. The van der Waals surface area contributed by atoms with Crippen LogP contribution in [0.15, 0.2) is 23.1 Å². The van der Waals surface area contributed by atoms with Crippen LogP contribution in [0.5, 0.6) is 0 Å². The molecule has 2 unspecified atom stereocenters. The third kappa shape index (κ3) is 2.34. The summed E-state index contributed by atoms with van der Waals surface area (Å²) >= 11 is 0. The van der Waals surface area contributed by atoms with Crippen LogP contribution in [0.3, 0.4) is 0 Å².